The van der Waals surface area contributed by atoms with Gasteiger partial charge in [0.15, 0.2) is 0 Å². The van der Waals surface area contributed by atoms with E-state index in [9.17, 15) is 4.79 Å². The number of likely N-dealkylation sites (tertiary alicyclic amines) is 1. The van der Waals surface area contributed by atoms with Gasteiger partial charge in [0.1, 0.15) is 6.04 Å². The smallest absolute Gasteiger partial charge is 0.210 e. The highest BCUT2D eigenvalue weighted by Crippen LogP contribution is 2.27. The van der Waals surface area contributed by atoms with Crippen LogP contribution >= 0.6 is 0 Å². The molecule has 0 spiro atoms. The highest BCUT2D eigenvalue weighted by Gasteiger charge is 2.32. The minimum atomic E-state index is -0.185. The Balaban J connectivity index is 2.60. The summed E-state index contributed by atoms with van der Waals surface area (Å²) in [6, 6.07) is 1.96. The van der Waals surface area contributed by atoms with Gasteiger partial charge >= 0.3 is 0 Å². The number of rotatable bonds is 2. The molecule has 2 unspecified atom stereocenters. The molecule has 0 aromatic rings. The number of carbonyl (C=O) groups excluding carboxylic acids is 1. The van der Waals surface area contributed by atoms with Gasteiger partial charge in [0.05, 0.1) is 6.07 Å². The predicted molar refractivity (Wildman–Crippen MR) is 45.1 cm³/mol. The summed E-state index contributed by atoms with van der Waals surface area (Å²) < 4.78 is 0. The summed E-state index contributed by atoms with van der Waals surface area (Å²) in [4.78, 5) is 12.1. The van der Waals surface area contributed by atoms with Gasteiger partial charge < -0.3 is 4.90 Å². The number of carbonyl (C=O) groups is 1. The maximum Gasteiger partial charge on any atom is 0.210 e. The van der Waals surface area contributed by atoms with E-state index in [-0.39, 0.29) is 6.04 Å². The van der Waals surface area contributed by atoms with E-state index in [4.69, 9.17) is 5.26 Å². The number of hydrogen-bond acceptors (Lipinski definition) is 2. The van der Waals surface area contributed by atoms with E-state index < -0.39 is 0 Å². The van der Waals surface area contributed by atoms with Crippen molar-refractivity contribution in [2.45, 2.75) is 26.3 Å². The van der Waals surface area contributed by atoms with Crippen LogP contribution in [-0.4, -0.2) is 23.9 Å². The third kappa shape index (κ3) is 1.58. The van der Waals surface area contributed by atoms with Crippen LogP contribution in [0.3, 0.4) is 0 Å². The Bertz CT molecular complexity index is 207. The Kier molecular flexibility index (Phi) is 2.69. The molecule has 0 aromatic heterocycles. The third-order valence-corrected chi connectivity index (χ3v) is 2.60. The third-order valence-electron chi connectivity index (χ3n) is 2.60. The first-order chi connectivity index (χ1) is 5.69. The van der Waals surface area contributed by atoms with Crippen LogP contribution in [0.1, 0.15) is 20.3 Å². The van der Waals surface area contributed by atoms with Gasteiger partial charge in [0.2, 0.25) is 6.41 Å². The minimum absolute atomic E-state index is 0.185. The fraction of sp³-hybridized carbons (Fsp3) is 0.778. The Hall–Kier alpha value is -1.04. The molecule has 1 rings (SSSR count). The topological polar surface area (TPSA) is 44.1 Å². The van der Waals surface area contributed by atoms with Crippen LogP contribution in [-0.2, 0) is 4.79 Å². The van der Waals surface area contributed by atoms with Crippen LogP contribution in [0.15, 0.2) is 0 Å². The SMILES string of the molecule is CC(C)C1CC(C#N)N(C=O)C1. The summed E-state index contributed by atoms with van der Waals surface area (Å²) >= 11 is 0. The van der Waals surface area contributed by atoms with Crippen molar-refractivity contribution in [1.29, 1.82) is 5.26 Å². The zero-order chi connectivity index (χ0) is 9.14. The number of hydrogen-bond donors (Lipinski definition) is 0. The summed E-state index contributed by atoms with van der Waals surface area (Å²) in [5.41, 5.74) is 0. The lowest BCUT2D eigenvalue weighted by molar-refractivity contribution is -0.118. The van der Waals surface area contributed by atoms with Gasteiger partial charge in [0.25, 0.3) is 0 Å². The molecule has 0 aromatic carbocycles. The Labute approximate surface area is 73.0 Å². The molecule has 12 heavy (non-hydrogen) atoms. The highest BCUT2D eigenvalue weighted by molar-refractivity contribution is 5.49. The molecule has 3 nitrogen and oxygen atoms in total. The Morgan fingerprint density at radius 3 is 2.67 bits per heavy atom. The largest absolute Gasteiger partial charge is 0.329 e. The highest BCUT2D eigenvalue weighted by atomic mass is 16.1. The Morgan fingerprint density at radius 1 is 1.67 bits per heavy atom. The van der Waals surface area contributed by atoms with E-state index in [1.165, 1.54) is 0 Å². The van der Waals surface area contributed by atoms with Crippen LogP contribution in [0.5, 0.6) is 0 Å². The molecule has 1 heterocycles. The molecule has 1 amide bonds. The number of nitrogens with zero attached hydrogens (tertiary/aromatic N) is 2. The van der Waals surface area contributed by atoms with Gasteiger partial charge in [-0.2, -0.15) is 5.26 Å². The fourth-order valence-electron chi connectivity index (χ4n) is 1.62. The van der Waals surface area contributed by atoms with Crippen molar-refractivity contribution in [1.82, 2.24) is 4.90 Å². The first-order valence-electron chi connectivity index (χ1n) is 4.29. The van der Waals surface area contributed by atoms with Gasteiger partial charge in [-0.15, -0.1) is 0 Å². The van der Waals surface area contributed by atoms with Crippen molar-refractivity contribution in [2.75, 3.05) is 6.54 Å². The summed E-state index contributed by atoms with van der Waals surface area (Å²) in [7, 11) is 0. The second-order valence-corrected chi connectivity index (χ2v) is 3.69. The summed E-state index contributed by atoms with van der Waals surface area (Å²) in [5.74, 6) is 1.06. The van der Waals surface area contributed by atoms with Gasteiger partial charge in [-0.1, -0.05) is 13.8 Å². The van der Waals surface area contributed by atoms with Gasteiger partial charge in [-0.05, 0) is 18.3 Å². The molecular formula is C9H14N2O. The first-order valence-corrected chi connectivity index (χ1v) is 4.29. The summed E-state index contributed by atoms with van der Waals surface area (Å²) in [6.07, 6.45) is 1.63. The molecule has 66 valence electrons. The molecular weight excluding hydrogens is 152 g/mol. The van der Waals surface area contributed by atoms with Crippen molar-refractivity contribution in [2.24, 2.45) is 11.8 Å². The molecule has 1 saturated heterocycles. The van der Waals surface area contributed by atoms with Crippen molar-refractivity contribution in [3.05, 3.63) is 0 Å². The van der Waals surface area contributed by atoms with Crippen LogP contribution in [0.4, 0.5) is 0 Å². The monoisotopic (exact) mass is 166 g/mol. The maximum absolute atomic E-state index is 10.5. The lowest BCUT2D eigenvalue weighted by Crippen LogP contribution is -2.26. The molecule has 0 N–H and O–H groups in total. The van der Waals surface area contributed by atoms with Crippen LogP contribution in [0, 0.1) is 23.2 Å². The molecule has 1 aliphatic heterocycles. The predicted octanol–water partition coefficient (Wildman–Crippen LogP) is 1.01. The van der Waals surface area contributed by atoms with Crippen molar-refractivity contribution < 1.29 is 4.79 Å². The van der Waals surface area contributed by atoms with Crippen molar-refractivity contribution in [3.63, 3.8) is 0 Å². The van der Waals surface area contributed by atoms with E-state index in [1.807, 2.05) is 0 Å². The van der Waals surface area contributed by atoms with Gasteiger partial charge in [0, 0.05) is 6.54 Å². The molecule has 0 aliphatic carbocycles. The molecule has 0 saturated carbocycles. The van der Waals surface area contributed by atoms with Crippen LogP contribution < -0.4 is 0 Å². The van der Waals surface area contributed by atoms with E-state index >= 15 is 0 Å². The normalized spacial score (nSPS) is 29.0. The van der Waals surface area contributed by atoms with Crippen molar-refractivity contribution >= 4 is 6.41 Å². The quantitative estimate of drug-likeness (QED) is 0.575. The zero-order valence-corrected chi connectivity index (χ0v) is 7.53. The second kappa shape index (κ2) is 3.57. The standard InChI is InChI=1S/C9H14N2O/c1-7(2)8-3-9(4-10)11(5-8)6-12/h6-9H,3,5H2,1-2H3. The first kappa shape index (κ1) is 9.05. The molecule has 3 heteroatoms. The number of nitriles is 1. The molecule has 0 radical (unpaired) electrons. The molecule has 1 fully saturated rings. The van der Waals surface area contributed by atoms with Gasteiger partial charge in [-0.25, -0.2) is 0 Å². The van der Waals surface area contributed by atoms with Gasteiger partial charge in [-0.3, -0.25) is 4.79 Å². The number of amides is 1. The van der Waals surface area contributed by atoms with E-state index in [0.29, 0.717) is 11.8 Å². The van der Waals surface area contributed by atoms with E-state index in [1.54, 1.807) is 4.90 Å². The fourth-order valence-corrected chi connectivity index (χ4v) is 1.62. The molecule has 2 atom stereocenters. The summed E-state index contributed by atoms with van der Waals surface area (Å²) in [6.45, 7) is 5.01. The minimum Gasteiger partial charge on any atom is -0.329 e. The van der Waals surface area contributed by atoms with Crippen LogP contribution in [0.25, 0.3) is 0 Å². The average Bonchev–Trinajstić information content (AvgIpc) is 2.46. The van der Waals surface area contributed by atoms with Crippen molar-refractivity contribution in [3.8, 4) is 6.07 Å². The lowest BCUT2D eigenvalue weighted by atomic mass is 9.94. The maximum atomic E-state index is 10.5. The lowest BCUT2D eigenvalue weighted by Gasteiger charge is -2.13. The van der Waals surface area contributed by atoms with E-state index in [2.05, 4.69) is 19.9 Å². The summed E-state index contributed by atoms with van der Waals surface area (Å²) in [5, 5.41) is 8.72. The van der Waals surface area contributed by atoms with Crippen LogP contribution in [0.2, 0.25) is 0 Å². The van der Waals surface area contributed by atoms with E-state index in [0.717, 1.165) is 19.4 Å². The second-order valence-electron chi connectivity index (χ2n) is 3.69. The average molecular weight is 166 g/mol. The Morgan fingerprint density at radius 2 is 2.33 bits per heavy atom. The molecule has 1 aliphatic rings. The molecule has 0 bridgehead atoms. The zero-order valence-electron chi connectivity index (χ0n) is 7.53.